The molecule has 0 spiro atoms. The number of hydrogen-bond acceptors (Lipinski definition) is 3. The number of nitrogens with one attached hydrogen (secondary N) is 2. The molecule has 6 rings (SSSR count). The summed E-state index contributed by atoms with van der Waals surface area (Å²) >= 11 is 6.15. The van der Waals surface area contributed by atoms with Gasteiger partial charge in [0, 0.05) is 46.3 Å². The number of halogens is 1. The Morgan fingerprint density at radius 3 is 2.39 bits per heavy atom. The molecule has 0 saturated heterocycles. The zero-order valence-corrected chi connectivity index (χ0v) is 21.2. The monoisotopic (exact) mass is 521 g/mol. The van der Waals surface area contributed by atoms with Gasteiger partial charge in [-0.1, -0.05) is 60.1 Å². The summed E-state index contributed by atoms with van der Waals surface area (Å²) < 4.78 is 3.77. The molecule has 38 heavy (non-hydrogen) atoms. The van der Waals surface area contributed by atoms with Crippen LogP contribution in [-0.4, -0.2) is 25.2 Å². The van der Waals surface area contributed by atoms with Gasteiger partial charge in [0.1, 0.15) is 0 Å². The van der Waals surface area contributed by atoms with Crippen molar-refractivity contribution in [1.82, 2.24) is 24.6 Å². The van der Waals surface area contributed by atoms with E-state index in [4.69, 9.17) is 11.6 Å². The van der Waals surface area contributed by atoms with Gasteiger partial charge < -0.3 is 14.5 Å². The zero-order valence-electron chi connectivity index (χ0n) is 20.4. The molecule has 188 valence electrons. The lowest BCUT2D eigenvalue weighted by Gasteiger charge is -2.08. The molecule has 7 nitrogen and oxygen atoms in total. The largest absolute Gasteiger partial charge is 0.346 e. The Balaban J connectivity index is 1.21. The second kappa shape index (κ2) is 10.0. The van der Waals surface area contributed by atoms with Crippen LogP contribution < -0.4 is 10.9 Å². The Morgan fingerprint density at radius 1 is 0.868 bits per heavy atom. The van der Waals surface area contributed by atoms with Gasteiger partial charge in [-0.15, -0.1) is 0 Å². The third-order valence-corrected chi connectivity index (χ3v) is 6.92. The van der Waals surface area contributed by atoms with Crippen LogP contribution in [0.25, 0.3) is 21.8 Å². The number of aromatic amines is 1. The highest BCUT2D eigenvalue weighted by atomic mass is 35.5. The summed E-state index contributed by atoms with van der Waals surface area (Å²) in [5.74, 6) is -0.165. The van der Waals surface area contributed by atoms with Crippen molar-refractivity contribution in [2.45, 2.75) is 19.6 Å². The molecule has 1 amide bonds. The van der Waals surface area contributed by atoms with E-state index < -0.39 is 0 Å². The number of fused-ring (bicyclic) bond motifs is 2. The number of carbonyl (C=O) groups excluding carboxylic acids is 1. The van der Waals surface area contributed by atoms with Gasteiger partial charge in [0.05, 0.1) is 29.9 Å². The van der Waals surface area contributed by atoms with E-state index in [1.807, 2.05) is 60.8 Å². The van der Waals surface area contributed by atoms with E-state index >= 15 is 0 Å². The van der Waals surface area contributed by atoms with E-state index in [-0.39, 0.29) is 18.0 Å². The lowest BCUT2D eigenvalue weighted by atomic mass is 10.1. The number of pyridine rings is 1. The quantitative estimate of drug-likeness (QED) is 0.296. The minimum atomic E-state index is -0.165. The molecule has 0 aliphatic rings. The zero-order chi connectivity index (χ0) is 26.1. The van der Waals surface area contributed by atoms with E-state index in [1.54, 1.807) is 29.0 Å². The van der Waals surface area contributed by atoms with Gasteiger partial charge in [-0.05, 0) is 41.5 Å². The van der Waals surface area contributed by atoms with Crippen LogP contribution in [0, 0.1) is 0 Å². The van der Waals surface area contributed by atoms with Crippen LogP contribution >= 0.6 is 11.6 Å². The molecule has 2 N–H and O–H groups in total. The molecular formula is C30H24ClN5O2. The fourth-order valence-corrected chi connectivity index (χ4v) is 4.90. The number of benzene rings is 3. The first-order valence-electron chi connectivity index (χ1n) is 12.3. The fourth-order valence-electron chi connectivity index (χ4n) is 4.73. The van der Waals surface area contributed by atoms with Crippen LogP contribution in [0.5, 0.6) is 0 Å². The molecule has 0 unspecified atom stereocenters. The molecule has 0 saturated carbocycles. The summed E-state index contributed by atoms with van der Waals surface area (Å²) in [5, 5.41) is 12.7. The van der Waals surface area contributed by atoms with Gasteiger partial charge in [0.15, 0.2) is 0 Å². The van der Waals surface area contributed by atoms with E-state index in [0.29, 0.717) is 23.7 Å². The molecule has 6 aromatic rings. The molecule has 0 radical (unpaired) electrons. The normalized spacial score (nSPS) is 11.3. The first-order chi connectivity index (χ1) is 18.5. The molecule has 3 aromatic heterocycles. The van der Waals surface area contributed by atoms with Gasteiger partial charge in [-0.25, -0.2) is 0 Å². The Bertz CT molecular complexity index is 1830. The third kappa shape index (κ3) is 4.71. The second-order valence-electron chi connectivity index (χ2n) is 9.21. The topological polar surface area (TPSA) is 84.7 Å². The molecule has 8 heteroatoms. The summed E-state index contributed by atoms with van der Waals surface area (Å²) in [4.78, 5) is 25.3. The standard InChI is InChI=1S/C30H24ClN5O2/c31-22-12-13-26-24(15-22)27(34-33-26)16-32-30(38)25-19-36(28-6-2-1-5-23(25)28)18-21-10-8-20(9-11-21)17-35-14-4-3-7-29(35)37/h1-15,19H,16-18H2,(H,32,38)(H,33,34). The molecule has 0 bridgehead atoms. The van der Waals surface area contributed by atoms with Crippen molar-refractivity contribution in [2.75, 3.05) is 0 Å². The molecule has 3 heterocycles. The number of para-hydroxylation sites is 1. The first kappa shape index (κ1) is 23.8. The number of aromatic nitrogens is 4. The number of H-pyrrole nitrogens is 1. The molecule has 0 aliphatic carbocycles. The van der Waals surface area contributed by atoms with Crippen LogP contribution in [0.4, 0.5) is 0 Å². The number of hydrogen-bond donors (Lipinski definition) is 2. The summed E-state index contributed by atoms with van der Waals surface area (Å²) in [7, 11) is 0. The Hall–Kier alpha value is -4.62. The summed E-state index contributed by atoms with van der Waals surface area (Å²) in [6.45, 7) is 1.42. The Morgan fingerprint density at radius 2 is 1.61 bits per heavy atom. The SMILES string of the molecule is O=C(NCc1n[nH]c2ccc(Cl)cc12)c1cn(Cc2ccc(Cn3ccccc3=O)cc2)c2ccccc12. The Labute approximate surface area is 223 Å². The molecule has 3 aromatic carbocycles. The number of carbonyl (C=O) groups is 1. The highest BCUT2D eigenvalue weighted by molar-refractivity contribution is 6.31. The molecular weight excluding hydrogens is 498 g/mol. The van der Waals surface area contributed by atoms with Crippen LogP contribution in [0.15, 0.2) is 102 Å². The first-order valence-corrected chi connectivity index (χ1v) is 12.6. The van der Waals surface area contributed by atoms with E-state index in [1.165, 1.54) is 0 Å². The van der Waals surface area contributed by atoms with Gasteiger partial charge in [-0.2, -0.15) is 5.10 Å². The maximum Gasteiger partial charge on any atom is 0.253 e. The van der Waals surface area contributed by atoms with Crippen molar-refractivity contribution in [3.8, 4) is 0 Å². The summed E-state index contributed by atoms with van der Waals surface area (Å²) in [6.07, 6.45) is 3.69. The maximum absolute atomic E-state index is 13.3. The van der Waals surface area contributed by atoms with Crippen molar-refractivity contribution in [1.29, 1.82) is 0 Å². The van der Waals surface area contributed by atoms with E-state index in [0.717, 1.165) is 38.6 Å². The van der Waals surface area contributed by atoms with Crippen LogP contribution in [-0.2, 0) is 19.6 Å². The molecule has 0 fully saturated rings. The van der Waals surface area contributed by atoms with Crippen molar-refractivity contribution >= 4 is 39.3 Å². The second-order valence-corrected chi connectivity index (χ2v) is 9.65. The average Bonchev–Trinajstić information content (AvgIpc) is 3.51. The highest BCUT2D eigenvalue weighted by Gasteiger charge is 2.16. The number of nitrogens with zero attached hydrogens (tertiary/aromatic N) is 3. The lowest BCUT2D eigenvalue weighted by Crippen LogP contribution is -2.23. The van der Waals surface area contributed by atoms with E-state index in [9.17, 15) is 9.59 Å². The summed E-state index contributed by atoms with van der Waals surface area (Å²) in [5.41, 5.74) is 5.32. The van der Waals surface area contributed by atoms with E-state index in [2.05, 4.69) is 32.2 Å². The maximum atomic E-state index is 13.3. The Kier molecular flexibility index (Phi) is 6.27. The van der Waals surface area contributed by atoms with Crippen LogP contribution in [0.1, 0.15) is 27.2 Å². The van der Waals surface area contributed by atoms with Crippen molar-refractivity contribution in [2.24, 2.45) is 0 Å². The summed E-state index contributed by atoms with van der Waals surface area (Å²) in [6, 6.07) is 26.8. The third-order valence-electron chi connectivity index (χ3n) is 6.68. The minimum Gasteiger partial charge on any atom is -0.346 e. The molecule has 0 aliphatic heterocycles. The minimum absolute atomic E-state index is 0.0227. The van der Waals surface area contributed by atoms with Gasteiger partial charge in [-0.3, -0.25) is 14.7 Å². The van der Waals surface area contributed by atoms with Crippen LogP contribution in [0.2, 0.25) is 5.02 Å². The van der Waals surface area contributed by atoms with Crippen molar-refractivity contribution in [3.05, 3.63) is 135 Å². The average molecular weight is 522 g/mol. The number of amides is 1. The van der Waals surface area contributed by atoms with Gasteiger partial charge in [0.2, 0.25) is 0 Å². The predicted molar refractivity (Wildman–Crippen MR) is 150 cm³/mol. The fraction of sp³-hybridized carbons (Fsp3) is 0.100. The van der Waals surface area contributed by atoms with Gasteiger partial charge >= 0.3 is 0 Å². The lowest BCUT2D eigenvalue weighted by molar-refractivity contribution is 0.0952. The predicted octanol–water partition coefficient (Wildman–Crippen LogP) is 5.36. The smallest absolute Gasteiger partial charge is 0.253 e. The van der Waals surface area contributed by atoms with Crippen LogP contribution in [0.3, 0.4) is 0 Å². The number of rotatable bonds is 7. The van der Waals surface area contributed by atoms with Crippen molar-refractivity contribution in [3.63, 3.8) is 0 Å². The van der Waals surface area contributed by atoms with Crippen molar-refractivity contribution < 1.29 is 4.79 Å². The van der Waals surface area contributed by atoms with Gasteiger partial charge in [0.25, 0.3) is 11.5 Å². The molecule has 0 atom stereocenters. The highest BCUT2D eigenvalue weighted by Crippen LogP contribution is 2.24.